The van der Waals surface area contributed by atoms with Gasteiger partial charge in [0, 0.05) is 10.9 Å². The lowest BCUT2D eigenvalue weighted by Gasteiger charge is -2.30. The maximum absolute atomic E-state index is 6.29. The quantitative estimate of drug-likeness (QED) is 0.424. The lowest BCUT2D eigenvalue weighted by Crippen LogP contribution is -2.31. The van der Waals surface area contributed by atoms with E-state index >= 15 is 0 Å². The molecule has 0 fully saturated rings. The molecule has 0 aromatic heterocycles. The summed E-state index contributed by atoms with van der Waals surface area (Å²) in [6, 6.07) is 27.6. The van der Waals surface area contributed by atoms with E-state index in [4.69, 9.17) is 9.73 Å². The molecule has 0 spiro atoms. The summed E-state index contributed by atoms with van der Waals surface area (Å²) in [5, 5.41) is 4.94. The number of aliphatic imine (C=N–C) groups is 1. The van der Waals surface area contributed by atoms with Gasteiger partial charge in [0.2, 0.25) is 0 Å². The molecule has 1 aliphatic heterocycles. The van der Waals surface area contributed by atoms with Crippen molar-refractivity contribution >= 4 is 27.3 Å². The van der Waals surface area contributed by atoms with Gasteiger partial charge in [-0.1, -0.05) is 72.8 Å². The third-order valence-electron chi connectivity index (χ3n) is 5.51. The molecule has 28 heavy (non-hydrogen) atoms. The summed E-state index contributed by atoms with van der Waals surface area (Å²) in [4.78, 5) is 5.05. The van der Waals surface area contributed by atoms with Crippen LogP contribution in [0.4, 0.5) is 0 Å². The van der Waals surface area contributed by atoms with Gasteiger partial charge in [0.15, 0.2) is 0 Å². The van der Waals surface area contributed by atoms with Crippen LogP contribution in [-0.4, -0.2) is 17.9 Å². The smallest absolute Gasteiger partial charge is 0.130 e. The van der Waals surface area contributed by atoms with Crippen molar-refractivity contribution in [3.05, 3.63) is 90.0 Å². The largest absolute Gasteiger partial charge is 0.487 e. The number of rotatable bonds is 3. The van der Waals surface area contributed by atoms with Crippen LogP contribution < -0.4 is 4.74 Å². The monoisotopic (exact) mass is 365 g/mol. The predicted octanol–water partition coefficient (Wildman–Crippen LogP) is 6.20. The van der Waals surface area contributed by atoms with E-state index in [0.717, 1.165) is 23.3 Å². The predicted molar refractivity (Wildman–Crippen MR) is 118 cm³/mol. The highest BCUT2D eigenvalue weighted by Crippen LogP contribution is 2.33. The van der Waals surface area contributed by atoms with Crippen molar-refractivity contribution in [2.24, 2.45) is 4.99 Å². The number of ether oxygens (including phenoxy) is 1. The summed E-state index contributed by atoms with van der Waals surface area (Å²) < 4.78 is 6.29. The van der Waals surface area contributed by atoms with E-state index in [1.165, 1.54) is 27.3 Å². The molecular weight excluding hydrogens is 342 g/mol. The van der Waals surface area contributed by atoms with Crippen molar-refractivity contribution in [1.29, 1.82) is 0 Å². The summed E-state index contributed by atoms with van der Waals surface area (Å²) in [6.45, 7) is 4.88. The molecule has 4 aromatic carbocycles. The maximum Gasteiger partial charge on any atom is 0.130 e. The van der Waals surface area contributed by atoms with Crippen LogP contribution in [0, 0.1) is 0 Å². The van der Waals surface area contributed by atoms with Crippen molar-refractivity contribution in [2.45, 2.75) is 25.8 Å². The molecular formula is C26H23NO. The fraction of sp³-hybridized carbons (Fsp3) is 0.192. The summed E-state index contributed by atoms with van der Waals surface area (Å²) >= 11 is 0. The van der Waals surface area contributed by atoms with E-state index in [-0.39, 0.29) is 5.54 Å². The van der Waals surface area contributed by atoms with Crippen molar-refractivity contribution in [2.75, 3.05) is 6.61 Å². The van der Waals surface area contributed by atoms with Crippen molar-refractivity contribution in [3.63, 3.8) is 0 Å². The van der Waals surface area contributed by atoms with Gasteiger partial charge in [0.05, 0.1) is 11.3 Å². The van der Waals surface area contributed by atoms with Crippen LogP contribution in [0.2, 0.25) is 0 Å². The van der Waals surface area contributed by atoms with Crippen LogP contribution >= 0.6 is 0 Å². The molecule has 0 saturated carbocycles. The van der Waals surface area contributed by atoms with Gasteiger partial charge in [-0.05, 0) is 48.1 Å². The highest BCUT2D eigenvalue weighted by Gasteiger charge is 2.28. The van der Waals surface area contributed by atoms with Gasteiger partial charge >= 0.3 is 0 Å². The van der Waals surface area contributed by atoms with Gasteiger partial charge in [-0.25, -0.2) is 0 Å². The molecule has 2 heteroatoms. The molecule has 0 unspecified atom stereocenters. The van der Waals surface area contributed by atoms with Crippen LogP contribution in [-0.2, 0) is 6.42 Å². The molecule has 0 atom stereocenters. The topological polar surface area (TPSA) is 21.6 Å². The molecule has 0 amide bonds. The van der Waals surface area contributed by atoms with E-state index in [0.29, 0.717) is 6.61 Å². The Morgan fingerprint density at radius 1 is 0.786 bits per heavy atom. The molecule has 0 radical (unpaired) electrons. The third kappa shape index (κ3) is 2.95. The Kier molecular flexibility index (Phi) is 3.94. The second-order valence-corrected chi connectivity index (χ2v) is 8.13. The zero-order valence-corrected chi connectivity index (χ0v) is 16.3. The molecule has 0 aliphatic carbocycles. The zero-order chi connectivity index (χ0) is 19.1. The second kappa shape index (κ2) is 6.49. The summed E-state index contributed by atoms with van der Waals surface area (Å²) in [5.41, 5.74) is 3.51. The molecule has 0 N–H and O–H groups in total. The number of fused-ring (bicyclic) bond motifs is 4. The van der Waals surface area contributed by atoms with E-state index in [1.54, 1.807) is 0 Å². The third-order valence-corrected chi connectivity index (χ3v) is 5.51. The van der Waals surface area contributed by atoms with Gasteiger partial charge in [0.25, 0.3) is 0 Å². The van der Waals surface area contributed by atoms with Crippen molar-refractivity contribution < 1.29 is 4.74 Å². The van der Waals surface area contributed by atoms with E-state index < -0.39 is 0 Å². The Hall–Kier alpha value is -3.13. The number of hydrogen-bond acceptors (Lipinski definition) is 2. The highest BCUT2D eigenvalue weighted by atomic mass is 16.5. The van der Waals surface area contributed by atoms with Crippen LogP contribution in [0.1, 0.15) is 25.0 Å². The van der Waals surface area contributed by atoms with Crippen LogP contribution in [0.5, 0.6) is 5.75 Å². The molecule has 1 heterocycles. The Balaban J connectivity index is 1.55. The number of hydrogen-bond donors (Lipinski definition) is 0. The summed E-state index contributed by atoms with van der Waals surface area (Å²) in [6.07, 6.45) is 0.946. The summed E-state index contributed by atoms with van der Waals surface area (Å²) in [7, 11) is 0. The van der Waals surface area contributed by atoms with Crippen molar-refractivity contribution in [1.82, 2.24) is 0 Å². The Bertz CT molecular complexity index is 1210. The Labute approximate surface area is 165 Å². The Morgan fingerprint density at radius 2 is 1.46 bits per heavy atom. The van der Waals surface area contributed by atoms with Gasteiger partial charge in [0.1, 0.15) is 12.4 Å². The number of nitrogens with zero attached hydrogens (tertiary/aromatic N) is 1. The van der Waals surface area contributed by atoms with Gasteiger partial charge in [-0.3, -0.25) is 4.99 Å². The first kappa shape index (κ1) is 17.0. The van der Waals surface area contributed by atoms with Gasteiger partial charge in [-0.15, -0.1) is 0 Å². The fourth-order valence-corrected chi connectivity index (χ4v) is 4.27. The summed E-state index contributed by atoms with van der Waals surface area (Å²) in [5.74, 6) is 0.909. The van der Waals surface area contributed by atoms with Gasteiger partial charge < -0.3 is 4.74 Å². The molecule has 4 aromatic rings. The van der Waals surface area contributed by atoms with Crippen LogP contribution in [0.25, 0.3) is 21.5 Å². The lowest BCUT2D eigenvalue weighted by molar-refractivity contribution is 0.376. The van der Waals surface area contributed by atoms with E-state index in [2.05, 4.69) is 80.6 Å². The molecule has 1 aliphatic rings. The molecule has 0 bridgehead atoms. The SMILES string of the molecule is CC1(C)Cc2c(ccc3ccccc23)C(COc2cccc3ccccc23)=N1. The first-order valence-corrected chi connectivity index (χ1v) is 9.81. The normalized spacial score (nSPS) is 15.3. The van der Waals surface area contributed by atoms with Crippen LogP contribution in [0.3, 0.4) is 0 Å². The molecule has 138 valence electrons. The first-order valence-electron chi connectivity index (χ1n) is 9.81. The van der Waals surface area contributed by atoms with E-state index in [1.807, 2.05) is 12.1 Å². The standard InChI is InChI=1S/C26H23NO/c1-26(2)16-23-20-11-5-3-9-19(20)14-15-22(23)24(27-26)17-28-25-13-7-10-18-8-4-6-12-21(18)25/h3-15H,16-17H2,1-2H3. The Morgan fingerprint density at radius 3 is 2.29 bits per heavy atom. The van der Waals surface area contributed by atoms with Crippen molar-refractivity contribution in [3.8, 4) is 5.75 Å². The second-order valence-electron chi connectivity index (χ2n) is 8.13. The molecule has 2 nitrogen and oxygen atoms in total. The maximum atomic E-state index is 6.29. The minimum atomic E-state index is -0.130. The van der Waals surface area contributed by atoms with Gasteiger partial charge in [-0.2, -0.15) is 0 Å². The average Bonchev–Trinajstić information content (AvgIpc) is 2.71. The van der Waals surface area contributed by atoms with Crippen LogP contribution in [0.15, 0.2) is 83.9 Å². The lowest BCUT2D eigenvalue weighted by atomic mass is 9.84. The minimum absolute atomic E-state index is 0.130. The zero-order valence-electron chi connectivity index (χ0n) is 16.3. The highest BCUT2D eigenvalue weighted by molar-refractivity contribution is 6.08. The molecule has 5 rings (SSSR count). The number of benzene rings is 4. The minimum Gasteiger partial charge on any atom is -0.487 e. The van der Waals surface area contributed by atoms with E-state index in [9.17, 15) is 0 Å². The molecule has 0 saturated heterocycles. The fourth-order valence-electron chi connectivity index (χ4n) is 4.27. The average molecular weight is 365 g/mol. The first-order chi connectivity index (χ1) is 13.6.